The first-order chi connectivity index (χ1) is 26.2. The Morgan fingerprint density at radius 2 is 1.19 bits per heavy atom. The molecule has 2 atom stereocenters. The number of allylic oxidation sites excluding steroid dienone is 1. The molecule has 7 aromatic carbocycles. The Labute approximate surface area is 309 Å². The van der Waals surface area contributed by atoms with Gasteiger partial charge in [0.2, 0.25) is 0 Å². The molecule has 0 aromatic heterocycles. The first kappa shape index (κ1) is 30.9. The zero-order chi connectivity index (χ0) is 35.3. The van der Waals surface area contributed by atoms with Gasteiger partial charge in [0.15, 0.2) is 5.75 Å². The molecule has 10 rings (SSSR count). The molecule has 0 saturated carbocycles. The van der Waals surface area contributed by atoms with Crippen LogP contribution in [0.3, 0.4) is 0 Å². The molecule has 53 heavy (non-hydrogen) atoms. The maximum absolute atomic E-state index is 6.95. The number of nitrogens with zero attached hydrogens (tertiary/aromatic N) is 3. The lowest BCUT2D eigenvalue weighted by Gasteiger charge is -2.30. The summed E-state index contributed by atoms with van der Waals surface area (Å²) in [4.78, 5) is 10.1. The summed E-state index contributed by atoms with van der Waals surface area (Å²) in [6.45, 7) is 0. The van der Waals surface area contributed by atoms with Crippen molar-refractivity contribution in [1.29, 1.82) is 0 Å². The number of para-hydroxylation sites is 5. The Kier molecular flexibility index (Phi) is 7.43. The van der Waals surface area contributed by atoms with Crippen LogP contribution in [0.25, 0.3) is 28.0 Å². The van der Waals surface area contributed by atoms with Crippen LogP contribution in [0.2, 0.25) is 0 Å². The van der Waals surface area contributed by atoms with Crippen LogP contribution in [0.15, 0.2) is 187 Å². The predicted octanol–water partition coefficient (Wildman–Crippen LogP) is 11.5. The minimum Gasteiger partial charge on any atom is -0.454 e. The Morgan fingerprint density at radius 1 is 0.547 bits per heavy atom. The van der Waals surface area contributed by atoms with Crippen LogP contribution in [0.4, 0.5) is 17.1 Å². The number of aliphatic imine (C=N–C) groups is 1. The first-order valence-electron chi connectivity index (χ1n) is 18.1. The third-order valence-electron chi connectivity index (χ3n) is 10.5. The van der Waals surface area contributed by atoms with Crippen LogP contribution < -0.4 is 19.9 Å². The van der Waals surface area contributed by atoms with Crippen LogP contribution in [-0.4, -0.2) is 12.8 Å². The van der Waals surface area contributed by atoms with Crippen LogP contribution in [0.5, 0.6) is 11.5 Å². The average Bonchev–Trinajstić information content (AvgIpc) is 3.43. The molecule has 0 radical (unpaired) electrons. The van der Waals surface area contributed by atoms with Crippen molar-refractivity contribution < 1.29 is 4.74 Å². The lowest BCUT2D eigenvalue weighted by atomic mass is 9.96. The highest BCUT2D eigenvalue weighted by molar-refractivity contribution is 6.13. The topological polar surface area (TPSA) is 40.1 Å². The fourth-order valence-electron chi connectivity index (χ4n) is 7.96. The van der Waals surface area contributed by atoms with E-state index in [1.807, 2.05) is 6.07 Å². The van der Waals surface area contributed by atoms with Crippen LogP contribution in [0, 0.1) is 0 Å². The van der Waals surface area contributed by atoms with Gasteiger partial charge >= 0.3 is 0 Å². The number of fused-ring (bicyclic) bond motifs is 7. The third-order valence-corrected chi connectivity index (χ3v) is 10.5. The molecule has 1 N–H and O–H groups in total. The Morgan fingerprint density at radius 3 is 2.02 bits per heavy atom. The van der Waals surface area contributed by atoms with Gasteiger partial charge in [0.25, 0.3) is 0 Å². The van der Waals surface area contributed by atoms with Crippen molar-refractivity contribution >= 4 is 28.5 Å². The van der Waals surface area contributed by atoms with Gasteiger partial charge in [-0.3, -0.25) is 4.99 Å². The number of benzene rings is 7. The predicted molar refractivity (Wildman–Crippen MR) is 217 cm³/mol. The largest absolute Gasteiger partial charge is 0.454 e. The van der Waals surface area contributed by atoms with Gasteiger partial charge in [0, 0.05) is 29.4 Å². The molecule has 0 bridgehead atoms. The maximum atomic E-state index is 6.95. The van der Waals surface area contributed by atoms with E-state index in [0.717, 1.165) is 62.0 Å². The van der Waals surface area contributed by atoms with E-state index in [0.29, 0.717) is 0 Å². The van der Waals surface area contributed by atoms with Crippen LogP contribution >= 0.6 is 0 Å². The van der Waals surface area contributed by atoms with Crippen molar-refractivity contribution in [3.05, 3.63) is 204 Å². The Bertz CT molecular complexity index is 2560. The SMILES string of the molecule is CN1c2ccccc2N2c3ccccc3Oc3c(-c4cccc(C5N=C(c6cccc(-c7ccccc7)c6)C=C(c6ccccc6)N5)c4)cccc3C12. The molecule has 3 aliphatic rings. The van der Waals surface area contributed by atoms with Gasteiger partial charge in [-0.1, -0.05) is 140 Å². The van der Waals surface area contributed by atoms with Gasteiger partial charge < -0.3 is 19.9 Å². The minimum absolute atomic E-state index is 0.0634. The van der Waals surface area contributed by atoms with Crippen molar-refractivity contribution in [3.8, 4) is 33.8 Å². The van der Waals surface area contributed by atoms with Crippen molar-refractivity contribution in [2.24, 2.45) is 4.99 Å². The zero-order valence-corrected chi connectivity index (χ0v) is 29.2. The molecule has 0 amide bonds. The molecule has 0 saturated heterocycles. The minimum atomic E-state index is -0.305. The lowest BCUT2D eigenvalue weighted by Crippen LogP contribution is -2.29. The average molecular weight is 685 g/mol. The van der Waals surface area contributed by atoms with E-state index in [1.165, 1.54) is 22.5 Å². The van der Waals surface area contributed by atoms with E-state index in [-0.39, 0.29) is 12.3 Å². The van der Waals surface area contributed by atoms with Gasteiger partial charge in [-0.05, 0) is 70.3 Å². The molecule has 254 valence electrons. The number of ether oxygens (including phenoxy) is 1. The lowest BCUT2D eigenvalue weighted by molar-refractivity contribution is 0.483. The molecule has 5 heteroatoms. The van der Waals surface area contributed by atoms with Crippen LogP contribution in [-0.2, 0) is 0 Å². The van der Waals surface area contributed by atoms with Gasteiger partial charge in [-0.2, -0.15) is 0 Å². The number of anilines is 3. The van der Waals surface area contributed by atoms with E-state index < -0.39 is 0 Å². The quantitative estimate of drug-likeness (QED) is 0.196. The molecular weight excluding hydrogens is 649 g/mol. The van der Waals surface area contributed by atoms with Crippen LogP contribution in [0.1, 0.15) is 34.6 Å². The molecule has 0 spiro atoms. The normalized spacial score (nSPS) is 16.8. The summed E-state index contributed by atoms with van der Waals surface area (Å²) in [6.07, 6.45) is 1.80. The van der Waals surface area contributed by atoms with E-state index in [9.17, 15) is 0 Å². The van der Waals surface area contributed by atoms with Crippen molar-refractivity contribution in [2.75, 3.05) is 16.8 Å². The fraction of sp³-hybridized carbons (Fsp3) is 0.0625. The van der Waals surface area contributed by atoms with Crippen molar-refractivity contribution in [3.63, 3.8) is 0 Å². The molecule has 7 aromatic rings. The first-order valence-corrected chi connectivity index (χ1v) is 18.1. The molecule has 3 aliphatic heterocycles. The third kappa shape index (κ3) is 5.37. The monoisotopic (exact) mass is 684 g/mol. The smallest absolute Gasteiger partial charge is 0.151 e. The summed E-state index contributed by atoms with van der Waals surface area (Å²) < 4.78 is 6.95. The highest BCUT2D eigenvalue weighted by Gasteiger charge is 2.41. The number of rotatable bonds is 5. The summed E-state index contributed by atoms with van der Waals surface area (Å²) in [5, 5.41) is 3.77. The molecule has 2 unspecified atom stereocenters. The molecule has 5 nitrogen and oxygen atoms in total. The van der Waals surface area contributed by atoms with Gasteiger partial charge in [-0.15, -0.1) is 0 Å². The van der Waals surface area contributed by atoms with Gasteiger partial charge in [-0.25, -0.2) is 0 Å². The van der Waals surface area contributed by atoms with Gasteiger partial charge in [0.1, 0.15) is 18.1 Å². The second-order valence-electron chi connectivity index (χ2n) is 13.7. The molecule has 0 aliphatic carbocycles. The second kappa shape index (κ2) is 12.7. The molecular formula is C48H36N4O. The standard InChI is InChI=1S/C48H36N4O/c1-51-42-25-8-9-26-43(42)52-44-27-10-11-28-45(44)53-46-38(23-14-24-39(46)48(51)52)35-20-13-22-37(30-35)47-49-40(33-17-6-3-7-18-33)31-41(50-47)36-21-12-19-34(29-36)32-15-4-2-5-16-32/h2-31,47-49H,1H3. The van der Waals surface area contributed by atoms with E-state index in [2.05, 4.69) is 198 Å². The van der Waals surface area contributed by atoms with E-state index >= 15 is 0 Å². The summed E-state index contributed by atoms with van der Waals surface area (Å²) in [5.41, 5.74) is 14.2. The number of nitrogens with one attached hydrogen (secondary N) is 1. The van der Waals surface area contributed by atoms with E-state index in [1.54, 1.807) is 0 Å². The fourth-order valence-corrected chi connectivity index (χ4v) is 7.96. The Hall–Kier alpha value is -6.85. The number of hydrogen-bond donors (Lipinski definition) is 1. The number of hydrogen-bond acceptors (Lipinski definition) is 5. The summed E-state index contributed by atoms with van der Waals surface area (Å²) in [6, 6.07) is 61.9. The summed E-state index contributed by atoms with van der Waals surface area (Å²) >= 11 is 0. The maximum Gasteiger partial charge on any atom is 0.151 e. The van der Waals surface area contributed by atoms with Crippen molar-refractivity contribution in [1.82, 2.24) is 5.32 Å². The van der Waals surface area contributed by atoms with E-state index in [4.69, 9.17) is 9.73 Å². The summed E-state index contributed by atoms with van der Waals surface area (Å²) in [7, 11) is 2.17. The van der Waals surface area contributed by atoms with Crippen molar-refractivity contribution in [2.45, 2.75) is 12.3 Å². The second-order valence-corrected chi connectivity index (χ2v) is 13.7. The molecule has 3 heterocycles. The highest BCUT2D eigenvalue weighted by atomic mass is 16.5. The highest BCUT2D eigenvalue weighted by Crippen LogP contribution is 2.57. The van der Waals surface area contributed by atoms with Gasteiger partial charge in [0.05, 0.1) is 22.8 Å². The molecule has 0 fully saturated rings. The Balaban J connectivity index is 1.07. The summed E-state index contributed by atoms with van der Waals surface area (Å²) in [5.74, 6) is 1.70. The zero-order valence-electron chi connectivity index (χ0n) is 29.2.